The zero-order valence-electron chi connectivity index (χ0n) is 11.1. The molecular weight excluding hydrogens is 264 g/mol. The summed E-state index contributed by atoms with van der Waals surface area (Å²) < 4.78 is 33.2. The van der Waals surface area contributed by atoms with Gasteiger partial charge in [-0.15, -0.1) is 0 Å². The van der Waals surface area contributed by atoms with Crippen LogP contribution in [-0.2, 0) is 16.6 Å². The highest BCUT2D eigenvalue weighted by Gasteiger charge is 2.24. The summed E-state index contributed by atoms with van der Waals surface area (Å²) in [5, 5.41) is 0. The molecule has 106 valence electrons. The Kier molecular flexibility index (Phi) is 4.79. The molecule has 1 aromatic carbocycles. The molecule has 1 heterocycles. The van der Waals surface area contributed by atoms with Gasteiger partial charge in [-0.3, -0.25) is 0 Å². The van der Waals surface area contributed by atoms with Crippen molar-refractivity contribution in [3.05, 3.63) is 29.8 Å². The van der Waals surface area contributed by atoms with Gasteiger partial charge in [0.25, 0.3) is 10.2 Å². The first-order valence-corrected chi connectivity index (χ1v) is 7.93. The van der Waals surface area contributed by atoms with Crippen molar-refractivity contribution < 1.29 is 13.2 Å². The molecule has 0 saturated carbocycles. The van der Waals surface area contributed by atoms with Crippen LogP contribution in [0, 0.1) is 0 Å². The molecule has 1 aromatic rings. The lowest BCUT2D eigenvalue weighted by Gasteiger charge is -2.16. The maximum atomic E-state index is 11.9. The van der Waals surface area contributed by atoms with Gasteiger partial charge in [-0.1, -0.05) is 12.1 Å². The van der Waals surface area contributed by atoms with E-state index < -0.39 is 10.2 Å². The summed E-state index contributed by atoms with van der Waals surface area (Å²) in [6.07, 6.45) is 2.57. The van der Waals surface area contributed by atoms with E-state index in [4.69, 9.17) is 4.74 Å². The zero-order valence-corrected chi connectivity index (χ0v) is 11.9. The summed E-state index contributed by atoms with van der Waals surface area (Å²) in [6.45, 7) is 1.68. The predicted octanol–water partition coefficient (Wildman–Crippen LogP) is 1.17. The maximum Gasteiger partial charge on any atom is 0.279 e. The van der Waals surface area contributed by atoms with Crippen molar-refractivity contribution in [1.29, 1.82) is 0 Å². The topological polar surface area (TPSA) is 58.6 Å². The molecule has 5 nitrogen and oxygen atoms in total. The Labute approximate surface area is 114 Å². The molecule has 0 aliphatic carbocycles. The number of methoxy groups -OCH3 is 1. The number of nitrogens with zero attached hydrogens (tertiary/aromatic N) is 1. The van der Waals surface area contributed by atoms with Crippen LogP contribution >= 0.6 is 0 Å². The summed E-state index contributed by atoms with van der Waals surface area (Å²) in [5.41, 5.74) is 1.06. The first-order chi connectivity index (χ1) is 9.12. The quantitative estimate of drug-likeness (QED) is 0.853. The third-order valence-electron chi connectivity index (χ3n) is 3.24. The van der Waals surface area contributed by atoms with Crippen LogP contribution in [0.4, 0.5) is 0 Å². The highest BCUT2D eigenvalue weighted by Crippen LogP contribution is 2.13. The molecule has 0 spiro atoms. The van der Waals surface area contributed by atoms with Crippen molar-refractivity contribution in [2.24, 2.45) is 0 Å². The van der Waals surface area contributed by atoms with Gasteiger partial charge in [0.1, 0.15) is 5.75 Å². The fourth-order valence-electron chi connectivity index (χ4n) is 2.17. The average molecular weight is 284 g/mol. The number of benzene rings is 1. The molecule has 0 atom stereocenters. The van der Waals surface area contributed by atoms with E-state index in [-0.39, 0.29) is 0 Å². The van der Waals surface area contributed by atoms with Crippen LogP contribution in [0.1, 0.15) is 18.4 Å². The van der Waals surface area contributed by atoms with Crippen molar-refractivity contribution in [1.82, 2.24) is 9.03 Å². The Bertz CT molecular complexity index is 510. The molecule has 1 saturated heterocycles. The lowest BCUT2D eigenvalue weighted by molar-refractivity contribution is 0.414. The van der Waals surface area contributed by atoms with E-state index in [9.17, 15) is 8.42 Å². The summed E-state index contributed by atoms with van der Waals surface area (Å²) in [5.74, 6) is 0.792. The zero-order chi connectivity index (χ0) is 13.7. The summed E-state index contributed by atoms with van der Waals surface area (Å²) in [7, 11) is -1.67. The van der Waals surface area contributed by atoms with Crippen LogP contribution in [0.3, 0.4) is 0 Å². The molecule has 1 fully saturated rings. The SMILES string of the molecule is COc1cccc(CCNS(=O)(=O)N2CCCC2)c1. The fourth-order valence-corrected chi connectivity index (χ4v) is 3.45. The Morgan fingerprint density at radius 3 is 2.74 bits per heavy atom. The Hall–Kier alpha value is -1.11. The van der Waals surface area contributed by atoms with E-state index in [1.807, 2.05) is 24.3 Å². The average Bonchev–Trinajstić information content (AvgIpc) is 2.93. The minimum Gasteiger partial charge on any atom is -0.497 e. The van der Waals surface area contributed by atoms with Gasteiger partial charge < -0.3 is 4.74 Å². The summed E-state index contributed by atoms with van der Waals surface area (Å²) in [6, 6.07) is 7.66. The molecular formula is C13H20N2O3S. The lowest BCUT2D eigenvalue weighted by atomic mass is 10.1. The van der Waals surface area contributed by atoms with Crippen LogP contribution in [0.5, 0.6) is 5.75 Å². The molecule has 0 radical (unpaired) electrons. The number of nitrogens with one attached hydrogen (secondary N) is 1. The van der Waals surface area contributed by atoms with Crippen LogP contribution in [-0.4, -0.2) is 39.5 Å². The van der Waals surface area contributed by atoms with Crippen LogP contribution in [0.25, 0.3) is 0 Å². The molecule has 0 aromatic heterocycles. The minimum absolute atomic E-state index is 0.409. The van der Waals surface area contributed by atoms with Gasteiger partial charge in [0, 0.05) is 19.6 Å². The second-order valence-electron chi connectivity index (χ2n) is 4.61. The fraction of sp³-hybridized carbons (Fsp3) is 0.538. The van der Waals surface area contributed by atoms with Gasteiger partial charge in [0.15, 0.2) is 0 Å². The molecule has 1 aliphatic rings. The summed E-state index contributed by atoms with van der Waals surface area (Å²) in [4.78, 5) is 0. The Balaban J connectivity index is 1.85. The van der Waals surface area contributed by atoms with Gasteiger partial charge in [-0.05, 0) is 37.0 Å². The van der Waals surface area contributed by atoms with E-state index in [0.717, 1.165) is 24.2 Å². The molecule has 6 heteroatoms. The Morgan fingerprint density at radius 1 is 1.32 bits per heavy atom. The van der Waals surface area contributed by atoms with Gasteiger partial charge >= 0.3 is 0 Å². The third kappa shape index (κ3) is 3.92. The van der Waals surface area contributed by atoms with Crippen molar-refractivity contribution >= 4 is 10.2 Å². The van der Waals surface area contributed by atoms with Crippen LogP contribution in [0.2, 0.25) is 0 Å². The van der Waals surface area contributed by atoms with E-state index in [1.54, 1.807) is 7.11 Å². The number of rotatable bonds is 6. The van der Waals surface area contributed by atoms with E-state index in [0.29, 0.717) is 26.1 Å². The molecule has 1 N–H and O–H groups in total. The van der Waals surface area contributed by atoms with Gasteiger partial charge in [-0.25, -0.2) is 4.72 Å². The largest absolute Gasteiger partial charge is 0.497 e. The smallest absolute Gasteiger partial charge is 0.279 e. The van der Waals surface area contributed by atoms with Crippen molar-refractivity contribution in [2.75, 3.05) is 26.7 Å². The van der Waals surface area contributed by atoms with Gasteiger partial charge in [0.2, 0.25) is 0 Å². The number of ether oxygens (including phenoxy) is 1. The van der Waals surface area contributed by atoms with Gasteiger partial charge in [-0.2, -0.15) is 12.7 Å². The normalized spacial score (nSPS) is 16.7. The van der Waals surface area contributed by atoms with E-state index in [2.05, 4.69) is 4.72 Å². The Morgan fingerprint density at radius 2 is 2.05 bits per heavy atom. The molecule has 2 rings (SSSR count). The maximum absolute atomic E-state index is 11.9. The second-order valence-corrected chi connectivity index (χ2v) is 6.36. The van der Waals surface area contributed by atoms with E-state index >= 15 is 0 Å². The van der Waals surface area contributed by atoms with Crippen LogP contribution in [0.15, 0.2) is 24.3 Å². The molecule has 1 aliphatic heterocycles. The van der Waals surface area contributed by atoms with Crippen molar-refractivity contribution in [2.45, 2.75) is 19.3 Å². The van der Waals surface area contributed by atoms with Crippen molar-refractivity contribution in [3.8, 4) is 5.75 Å². The van der Waals surface area contributed by atoms with Crippen LogP contribution < -0.4 is 9.46 Å². The highest BCUT2D eigenvalue weighted by molar-refractivity contribution is 7.87. The molecule has 0 amide bonds. The molecule has 19 heavy (non-hydrogen) atoms. The first kappa shape index (κ1) is 14.3. The van der Waals surface area contributed by atoms with Gasteiger partial charge in [0.05, 0.1) is 7.11 Å². The standard InChI is InChI=1S/C13H20N2O3S/c1-18-13-6-4-5-12(11-13)7-8-14-19(16,17)15-9-2-3-10-15/h4-6,11,14H,2-3,7-10H2,1H3. The molecule has 0 bridgehead atoms. The minimum atomic E-state index is -3.29. The van der Waals surface area contributed by atoms with E-state index in [1.165, 1.54) is 4.31 Å². The number of hydrogen-bond donors (Lipinski definition) is 1. The summed E-state index contributed by atoms with van der Waals surface area (Å²) >= 11 is 0. The number of hydrogen-bond acceptors (Lipinski definition) is 3. The highest BCUT2D eigenvalue weighted by atomic mass is 32.2. The molecule has 0 unspecified atom stereocenters. The van der Waals surface area contributed by atoms with Crippen molar-refractivity contribution in [3.63, 3.8) is 0 Å². The first-order valence-electron chi connectivity index (χ1n) is 6.49. The third-order valence-corrected chi connectivity index (χ3v) is 4.85. The predicted molar refractivity (Wildman–Crippen MR) is 74.4 cm³/mol. The second kappa shape index (κ2) is 6.36. The lowest BCUT2D eigenvalue weighted by Crippen LogP contribution is -2.39. The monoisotopic (exact) mass is 284 g/mol.